The first-order valence-corrected chi connectivity index (χ1v) is 9.55. The quantitative estimate of drug-likeness (QED) is 0.468. The molecule has 10 heteroatoms. The number of amides is 1. The maximum atomic E-state index is 13.1. The van der Waals surface area contributed by atoms with Gasteiger partial charge in [0, 0.05) is 0 Å². The number of carbonyl (C=O) groups excluding carboxylic acids is 1. The van der Waals surface area contributed by atoms with E-state index in [0.29, 0.717) is 16.9 Å². The van der Waals surface area contributed by atoms with Crippen LogP contribution >= 0.6 is 0 Å². The van der Waals surface area contributed by atoms with E-state index in [4.69, 9.17) is 9.84 Å². The highest BCUT2D eigenvalue weighted by molar-refractivity contribution is 5.97. The lowest BCUT2D eigenvalue weighted by molar-refractivity contribution is -0.135. The molecule has 3 N–H and O–H groups in total. The number of ether oxygens (including phenoxy) is 1. The van der Waals surface area contributed by atoms with Crippen molar-refractivity contribution >= 4 is 11.9 Å². The Morgan fingerprint density at radius 3 is 2.28 bits per heavy atom. The molecule has 3 rings (SSSR count). The molecule has 3 aromatic rings. The van der Waals surface area contributed by atoms with Gasteiger partial charge in [-0.1, -0.05) is 42.5 Å². The minimum absolute atomic E-state index is 0.143. The van der Waals surface area contributed by atoms with E-state index in [-0.39, 0.29) is 13.1 Å². The van der Waals surface area contributed by atoms with Gasteiger partial charge in [0.15, 0.2) is 5.56 Å². The lowest BCUT2D eigenvalue weighted by Crippen LogP contribution is -2.45. The van der Waals surface area contributed by atoms with E-state index in [9.17, 15) is 24.3 Å². The Bertz CT molecular complexity index is 1260. The molecule has 0 unspecified atom stereocenters. The molecule has 0 aliphatic carbocycles. The van der Waals surface area contributed by atoms with Gasteiger partial charge < -0.3 is 20.3 Å². The summed E-state index contributed by atoms with van der Waals surface area (Å²) in [5, 5.41) is 21.5. The highest BCUT2D eigenvalue weighted by Gasteiger charge is 2.25. The number of aromatic hydroxyl groups is 1. The average Bonchev–Trinajstić information content (AvgIpc) is 2.79. The third-order valence-electron chi connectivity index (χ3n) is 4.69. The second-order valence-corrected chi connectivity index (χ2v) is 6.87. The fourth-order valence-electron chi connectivity index (χ4n) is 3.13. The van der Waals surface area contributed by atoms with Crippen molar-refractivity contribution in [2.75, 3.05) is 13.7 Å². The number of aliphatic carboxylic acids is 1. The normalized spacial score (nSPS) is 10.5. The van der Waals surface area contributed by atoms with Gasteiger partial charge in [-0.25, -0.2) is 4.79 Å². The van der Waals surface area contributed by atoms with Gasteiger partial charge in [-0.15, -0.1) is 0 Å². The van der Waals surface area contributed by atoms with Crippen molar-refractivity contribution in [2.45, 2.75) is 13.1 Å². The van der Waals surface area contributed by atoms with Crippen LogP contribution in [0.3, 0.4) is 0 Å². The molecule has 0 saturated heterocycles. The first kappa shape index (κ1) is 22.3. The fourth-order valence-corrected chi connectivity index (χ4v) is 3.13. The third-order valence-corrected chi connectivity index (χ3v) is 4.69. The van der Waals surface area contributed by atoms with Crippen LogP contribution in [0.4, 0.5) is 0 Å². The van der Waals surface area contributed by atoms with Crippen LogP contribution in [0.15, 0.2) is 64.2 Å². The number of carboxylic acids is 1. The number of rotatable bonds is 8. The Morgan fingerprint density at radius 2 is 1.62 bits per heavy atom. The molecular weight excluding hydrogens is 418 g/mol. The van der Waals surface area contributed by atoms with Gasteiger partial charge in [-0.2, -0.15) is 0 Å². The summed E-state index contributed by atoms with van der Waals surface area (Å²) in [5.74, 6) is -2.76. The Hall–Kier alpha value is -4.34. The zero-order valence-corrected chi connectivity index (χ0v) is 17.1. The smallest absolute Gasteiger partial charge is 0.334 e. The Morgan fingerprint density at radius 1 is 0.969 bits per heavy atom. The molecule has 1 aromatic heterocycles. The maximum Gasteiger partial charge on any atom is 0.334 e. The lowest BCUT2D eigenvalue weighted by atomic mass is 10.2. The zero-order valence-electron chi connectivity index (χ0n) is 17.1. The number of benzene rings is 2. The first-order chi connectivity index (χ1) is 15.3. The molecule has 0 aliphatic heterocycles. The van der Waals surface area contributed by atoms with Gasteiger partial charge in [-0.05, 0) is 23.3 Å². The lowest BCUT2D eigenvalue weighted by Gasteiger charge is -2.16. The molecule has 0 saturated carbocycles. The second-order valence-electron chi connectivity index (χ2n) is 6.87. The van der Waals surface area contributed by atoms with E-state index < -0.39 is 41.1 Å². The fraction of sp³-hybridized carbons (Fsp3) is 0.182. The predicted octanol–water partition coefficient (Wildman–Crippen LogP) is 0.635. The second kappa shape index (κ2) is 9.65. The van der Waals surface area contributed by atoms with E-state index in [0.717, 1.165) is 9.13 Å². The van der Waals surface area contributed by atoms with Crippen LogP contribution in [0.1, 0.15) is 21.5 Å². The largest absolute Gasteiger partial charge is 0.497 e. The van der Waals surface area contributed by atoms with Crippen LogP contribution in [-0.2, 0) is 17.9 Å². The van der Waals surface area contributed by atoms with Crippen molar-refractivity contribution in [2.24, 2.45) is 0 Å². The minimum atomic E-state index is -1.33. The summed E-state index contributed by atoms with van der Waals surface area (Å²) in [4.78, 5) is 49.4. The number of methoxy groups -OCH3 is 1. The molecule has 0 fully saturated rings. The molecule has 32 heavy (non-hydrogen) atoms. The molecule has 0 aliphatic rings. The highest BCUT2D eigenvalue weighted by atomic mass is 16.5. The van der Waals surface area contributed by atoms with Crippen LogP contribution in [0.2, 0.25) is 0 Å². The zero-order chi connectivity index (χ0) is 23.3. The summed E-state index contributed by atoms with van der Waals surface area (Å²) in [6, 6.07) is 15.4. The SMILES string of the molecule is COc1cccc(Cn2c(O)c(C(=O)NCC(=O)O)c(=O)n(Cc3ccccc3)c2=O)c1. The number of nitrogens with zero attached hydrogens (tertiary/aromatic N) is 2. The number of carbonyl (C=O) groups is 2. The van der Waals surface area contributed by atoms with Gasteiger partial charge in [0.1, 0.15) is 12.3 Å². The Labute approximate surface area is 181 Å². The molecule has 2 aromatic carbocycles. The van der Waals surface area contributed by atoms with Crippen LogP contribution in [0.25, 0.3) is 0 Å². The van der Waals surface area contributed by atoms with Crippen molar-refractivity contribution < 1.29 is 24.5 Å². The van der Waals surface area contributed by atoms with Crippen LogP contribution in [0.5, 0.6) is 11.6 Å². The summed E-state index contributed by atoms with van der Waals surface area (Å²) in [7, 11) is 1.48. The maximum absolute atomic E-state index is 13.1. The van der Waals surface area contributed by atoms with Crippen LogP contribution in [0, 0.1) is 0 Å². The van der Waals surface area contributed by atoms with Gasteiger partial charge in [0.2, 0.25) is 5.88 Å². The van der Waals surface area contributed by atoms with Crippen molar-refractivity contribution in [3.8, 4) is 11.6 Å². The van der Waals surface area contributed by atoms with E-state index >= 15 is 0 Å². The van der Waals surface area contributed by atoms with E-state index in [1.165, 1.54) is 7.11 Å². The number of hydrogen-bond donors (Lipinski definition) is 3. The summed E-state index contributed by atoms with van der Waals surface area (Å²) in [5.41, 5.74) is -1.37. The molecule has 0 spiro atoms. The molecular formula is C22H21N3O7. The van der Waals surface area contributed by atoms with Crippen molar-refractivity contribution in [3.05, 3.63) is 92.1 Å². The summed E-state index contributed by atoms with van der Waals surface area (Å²) in [6.07, 6.45) is 0. The number of nitrogens with one attached hydrogen (secondary N) is 1. The summed E-state index contributed by atoms with van der Waals surface area (Å²) < 4.78 is 6.87. The number of aromatic nitrogens is 2. The third kappa shape index (κ3) is 4.86. The van der Waals surface area contributed by atoms with E-state index in [1.807, 2.05) is 0 Å². The Kier molecular flexibility index (Phi) is 6.74. The molecule has 166 valence electrons. The topological polar surface area (TPSA) is 140 Å². The molecule has 10 nitrogen and oxygen atoms in total. The monoisotopic (exact) mass is 439 g/mol. The molecule has 0 bridgehead atoms. The van der Waals surface area contributed by atoms with E-state index in [1.54, 1.807) is 54.6 Å². The molecule has 1 heterocycles. The summed E-state index contributed by atoms with van der Waals surface area (Å²) in [6.45, 7) is -1.06. The van der Waals surface area contributed by atoms with Crippen molar-refractivity contribution in [3.63, 3.8) is 0 Å². The average molecular weight is 439 g/mol. The first-order valence-electron chi connectivity index (χ1n) is 9.55. The number of hydrogen-bond acceptors (Lipinski definition) is 6. The van der Waals surface area contributed by atoms with Gasteiger partial charge in [-0.3, -0.25) is 23.5 Å². The highest BCUT2D eigenvalue weighted by Crippen LogP contribution is 2.17. The van der Waals surface area contributed by atoms with Gasteiger partial charge >= 0.3 is 11.7 Å². The predicted molar refractivity (Wildman–Crippen MR) is 114 cm³/mol. The van der Waals surface area contributed by atoms with Gasteiger partial charge in [0.25, 0.3) is 11.5 Å². The Balaban J connectivity index is 2.15. The molecule has 0 atom stereocenters. The summed E-state index contributed by atoms with van der Waals surface area (Å²) >= 11 is 0. The van der Waals surface area contributed by atoms with Crippen LogP contribution < -0.4 is 21.3 Å². The standard InChI is InChI=1S/C22H21N3O7/c1-32-16-9-5-8-15(10-16)13-25-21(30)18(19(28)23-11-17(26)27)20(29)24(22(25)31)12-14-6-3-2-4-7-14/h2-10,30H,11-13H2,1H3,(H,23,28)(H,26,27). The molecule has 1 amide bonds. The minimum Gasteiger partial charge on any atom is -0.497 e. The number of carboxylic acid groups (broad SMARTS) is 1. The van der Waals surface area contributed by atoms with Gasteiger partial charge in [0.05, 0.1) is 20.2 Å². The molecule has 0 radical (unpaired) electrons. The van der Waals surface area contributed by atoms with Crippen molar-refractivity contribution in [1.29, 1.82) is 0 Å². The van der Waals surface area contributed by atoms with E-state index in [2.05, 4.69) is 5.32 Å². The van der Waals surface area contributed by atoms with Crippen molar-refractivity contribution in [1.82, 2.24) is 14.5 Å². The van der Waals surface area contributed by atoms with Crippen LogP contribution in [-0.4, -0.2) is 44.9 Å².